The van der Waals surface area contributed by atoms with E-state index in [0.29, 0.717) is 13.0 Å². The first-order valence-corrected chi connectivity index (χ1v) is 15.6. The molecule has 9 heteroatoms. The van der Waals surface area contributed by atoms with E-state index in [4.69, 9.17) is 29.5 Å². The van der Waals surface area contributed by atoms with Crippen LogP contribution in [0.4, 0.5) is 0 Å². The van der Waals surface area contributed by atoms with E-state index in [2.05, 4.69) is 33.7 Å². The summed E-state index contributed by atoms with van der Waals surface area (Å²) >= 11 is 0. The predicted octanol–water partition coefficient (Wildman–Crippen LogP) is 3.94. The van der Waals surface area contributed by atoms with E-state index in [9.17, 15) is 19.5 Å². The van der Waals surface area contributed by atoms with Gasteiger partial charge in [0.05, 0.1) is 5.54 Å². The lowest BCUT2D eigenvalue weighted by Crippen LogP contribution is -2.45. The number of carboxylic acids is 3. The predicted molar refractivity (Wildman–Crippen MR) is 181 cm³/mol. The van der Waals surface area contributed by atoms with Gasteiger partial charge in [0.25, 0.3) is 0 Å². The molecular weight excluding hydrogens is 594 g/mol. The van der Waals surface area contributed by atoms with Gasteiger partial charge in [-0.05, 0) is 49.8 Å². The van der Waals surface area contributed by atoms with Crippen LogP contribution in [0.5, 0.6) is 0 Å². The molecule has 4 aliphatic rings. The van der Waals surface area contributed by atoms with Crippen molar-refractivity contribution in [3.63, 3.8) is 0 Å². The molecular formula is C38H45N3O6. The van der Waals surface area contributed by atoms with Crippen LogP contribution in [0.3, 0.4) is 0 Å². The normalized spacial score (nSPS) is 27.7. The van der Waals surface area contributed by atoms with Gasteiger partial charge in [-0.15, -0.1) is 37.0 Å². The molecule has 4 fully saturated rings. The molecule has 6 N–H and O–H groups in total. The van der Waals surface area contributed by atoms with Crippen LogP contribution in [0, 0.1) is 54.8 Å². The fourth-order valence-corrected chi connectivity index (χ4v) is 7.24. The van der Waals surface area contributed by atoms with Crippen molar-refractivity contribution in [3.05, 3.63) is 71.8 Å². The van der Waals surface area contributed by atoms with E-state index in [1.165, 1.54) is 12.8 Å². The maximum absolute atomic E-state index is 11.6. The van der Waals surface area contributed by atoms with Crippen LogP contribution in [-0.4, -0.2) is 63.4 Å². The number of hydrogen-bond donors (Lipinski definition) is 6. The quantitative estimate of drug-likeness (QED) is 0.268. The molecule has 248 valence electrons. The SMILES string of the molecule is C.C#CC1CC(c2ccccc2)(c2ccccc2)NC1C(=O)O.C#CC1CC2(CCCC2)NC1C(=O)O.C#CC1CCNC1C(=O)O. The van der Waals surface area contributed by atoms with Crippen molar-refractivity contribution in [2.24, 2.45) is 17.8 Å². The largest absolute Gasteiger partial charge is 0.480 e. The molecule has 6 rings (SSSR count). The number of carboxylic acid groups (broad SMARTS) is 3. The van der Waals surface area contributed by atoms with Crippen molar-refractivity contribution < 1.29 is 29.7 Å². The molecule has 9 nitrogen and oxygen atoms in total. The Balaban J connectivity index is 0.000000206. The van der Waals surface area contributed by atoms with Gasteiger partial charge in [0, 0.05) is 23.3 Å². The first kappa shape index (κ1) is 36.9. The van der Waals surface area contributed by atoms with Crippen LogP contribution < -0.4 is 16.0 Å². The van der Waals surface area contributed by atoms with Gasteiger partial charge in [0.15, 0.2) is 0 Å². The standard InChI is InChI=1S/C19H17NO2.C11H15NO2.C7H9NO2.CH4/c1-2-14-13-19(20-17(14)18(21)22,15-9-5-3-6-10-15)16-11-7-4-8-12-16;1-2-8-7-11(5-3-4-6-11)12-9(8)10(13)14;1-2-5-3-4-8-6(5)7(9)10;/h1,3-12,14,17,20H,13H2,(H,21,22);1,8-9,12H,3-7H2,(H,13,14);1,5-6,8H,3-4H2,(H,9,10);1H4. The minimum atomic E-state index is -0.906. The van der Waals surface area contributed by atoms with Crippen molar-refractivity contribution >= 4 is 17.9 Å². The number of terminal acetylenes is 3. The molecule has 1 aliphatic carbocycles. The van der Waals surface area contributed by atoms with Crippen LogP contribution in [0.15, 0.2) is 60.7 Å². The number of rotatable bonds is 5. The Kier molecular flexibility index (Phi) is 12.8. The number of aliphatic carboxylic acids is 3. The third-order valence-corrected chi connectivity index (χ3v) is 9.56. The van der Waals surface area contributed by atoms with Crippen LogP contribution in [0.1, 0.15) is 63.5 Å². The van der Waals surface area contributed by atoms with E-state index in [-0.39, 0.29) is 30.7 Å². The van der Waals surface area contributed by atoms with Gasteiger partial charge in [-0.3, -0.25) is 25.0 Å². The lowest BCUT2D eigenvalue weighted by atomic mass is 9.79. The van der Waals surface area contributed by atoms with E-state index in [0.717, 1.165) is 36.8 Å². The minimum Gasteiger partial charge on any atom is -0.480 e. The number of hydrogen-bond acceptors (Lipinski definition) is 6. The average molecular weight is 640 g/mol. The molecule has 0 radical (unpaired) electrons. The Morgan fingerprint density at radius 2 is 1.11 bits per heavy atom. The Morgan fingerprint density at radius 1 is 0.660 bits per heavy atom. The molecule has 47 heavy (non-hydrogen) atoms. The molecule has 3 heterocycles. The first-order valence-electron chi connectivity index (χ1n) is 15.6. The van der Waals surface area contributed by atoms with Crippen molar-refractivity contribution in [2.75, 3.05) is 6.54 Å². The Hall–Kier alpha value is -4.59. The van der Waals surface area contributed by atoms with Crippen LogP contribution in [0.2, 0.25) is 0 Å². The smallest absolute Gasteiger partial charge is 0.322 e. The highest BCUT2D eigenvalue weighted by Crippen LogP contribution is 2.43. The summed E-state index contributed by atoms with van der Waals surface area (Å²) in [5.41, 5.74) is 1.54. The van der Waals surface area contributed by atoms with Crippen LogP contribution >= 0.6 is 0 Å². The van der Waals surface area contributed by atoms with Gasteiger partial charge in [0.2, 0.25) is 0 Å². The third-order valence-electron chi connectivity index (χ3n) is 9.56. The van der Waals surface area contributed by atoms with Crippen molar-refractivity contribution in [1.29, 1.82) is 0 Å². The Bertz CT molecular complexity index is 1460. The van der Waals surface area contributed by atoms with Crippen LogP contribution in [-0.2, 0) is 19.9 Å². The summed E-state index contributed by atoms with van der Waals surface area (Å²) in [4.78, 5) is 32.9. The Labute approximate surface area is 277 Å². The van der Waals surface area contributed by atoms with Gasteiger partial charge < -0.3 is 20.6 Å². The van der Waals surface area contributed by atoms with E-state index < -0.39 is 41.6 Å². The highest BCUT2D eigenvalue weighted by atomic mass is 16.4. The number of carbonyl (C=O) groups is 3. The minimum absolute atomic E-state index is 0. The lowest BCUT2D eigenvalue weighted by Gasteiger charge is -2.31. The first-order chi connectivity index (χ1) is 22.1. The summed E-state index contributed by atoms with van der Waals surface area (Å²) in [5, 5.41) is 36.4. The van der Waals surface area contributed by atoms with Gasteiger partial charge in [-0.2, -0.15) is 0 Å². The Morgan fingerprint density at radius 3 is 1.49 bits per heavy atom. The zero-order valence-electron chi connectivity index (χ0n) is 25.7. The second-order valence-corrected chi connectivity index (χ2v) is 12.3. The molecule has 6 atom stereocenters. The number of nitrogens with one attached hydrogen (secondary N) is 3. The molecule has 1 spiro atoms. The maximum Gasteiger partial charge on any atom is 0.322 e. The second-order valence-electron chi connectivity index (χ2n) is 12.3. The van der Waals surface area contributed by atoms with Crippen molar-refractivity contribution in [3.8, 4) is 37.0 Å². The second kappa shape index (κ2) is 16.3. The highest BCUT2D eigenvalue weighted by Gasteiger charge is 2.49. The zero-order valence-corrected chi connectivity index (χ0v) is 25.7. The summed E-state index contributed by atoms with van der Waals surface area (Å²) in [6.45, 7) is 0.714. The van der Waals surface area contributed by atoms with E-state index in [1.807, 2.05) is 60.7 Å². The lowest BCUT2D eigenvalue weighted by molar-refractivity contribution is -0.140. The zero-order chi connectivity index (χ0) is 33.3. The summed E-state index contributed by atoms with van der Waals surface area (Å²) in [6.07, 6.45) is 22.8. The topological polar surface area (TPSA) is 148 Å². The highest BCUT2D eigenvalue weighted by molar-refractivity contribution is 5.76. The van der Waals surface area contributed by atoms with E-state index >= 15 is 0 Å². The maximum atomic E-state index is 11.6. The molecule has 1 saturated carbocycles. The average Bonchev–Trinajstić information content (AvgIpc) is 3.88. The summed E-state index contributed by atoms with van der Waals surface area (Å²) in [5.74, 6) is 4.53. The summed E-state index contributed by atoms with van der Waals surface area (Å²) in [7, 11) is 0. The van der Waals surface area contributed by atoms with Crippen molar-refractivity contribution in [1.82, 2.24) is 16.0 Å². The van der Waals surface area contributed by atoms with Gasteiger partial charge in [-0.1, -0.05) is 80.9 Å². The fourth-order valence-electron chi connectivity index (χ4n) is 7.24. The van der Waals surface area contributed by atoms with Crippen LogP contribution in [0.25, 0.3) is 0 Å². The fraction of sp³-hybridized carbons (Fsp3) is 0.447. The summed E-state index contributed by atoms with van der Waals surface area (Å²) < 4.78 is 0. The molecule has 2 aromatic carbocycles. The van der Waals surface area contributed by atoms with Crippen molar-refractivity contribution in [2.45, 2.75) is 81.6 Å². The number of benzene rings is 2. The third kappa shape index (κ3) is 8.23. The molecule has 2 aromatic rings. The van der Waals surface area contributed by atoms with Gasteiger partial charge in [0.1, 0.15) is 18.1 Å². The van der Waals surface area contributed by atoms with Gasteiger partial charge in [-0.25, -0.2) is 0 Å². The summed E-state index contributed by atoms with van der Waals surface area (Å²) in [6, 6.07) is 18.0. The molecule has 3 saturated heterocycles. The molecule has 6 unspecified atom stereocenters. The monoisotopic (exact) mass is 639 g/mol. The molecule has 0 amide bonds. The molecule has 3 aliphatic heterocycles. The molecule has 0 bridgehead atoms. The molecule has 0 aromatic heterocycles. The van der Waals surface area contributed by atoms with E-state index in [1.54, 1.807) is 0 Å². The van der Waals surface area contributed by atoms with Gasteiger partial charge >= 0.3 is 17.9 Å².